The van der Waals surface area contributed by atoms with E-state index in [4.69, 9.17) is 9.84 Å². The van der Waals surface area contributed by atoms with Gasteiger partial charge in [-0.3, -0.25) is 4.79 Å². The monoisotopic (exact) mass is 343 g/mol. The molecule has 1 aromatic heterocycles. The van der Waals surface area contributed by atoms with Crippen molar-refractivity contribution in [2.75, 3.05) is 7.11 Å². The van der Waals surface area contributed by atoms with Gasteiger partial charge in [-0.25, -0.2) is 13.8 Å². The molecule has 7 heteroatoms. The Hall–Kier alpha value is -0.990. The van der Waals surface area contributed by atoms with Crippen LogP contribution in [0, 0.1) is 3.57 Å². The van der Waals surface area contributed by atoms with Gasteiger partial charge in [0.2, 0.25) is 0 Å². The fourth-order valence-electron chi connectivity index (χ4n) is 1.11. The topological polar surface area (TPSA) is 59.4 Å². The first-order chi connectivity index (χ1) is 7.45. The number of carboxylic acids is 1. The van der Waals surface area contributed by atoms with Crippen LogP contribution in [0.5, 0.6) is 5.75 Å². The molecule has 0 bridgehead atoms. The number of ether oxygens (including phenoxy) is 1. The highest BCUT2D eigenvalue weighted by atomic mass is 127. The summed E-state index contributed by atoms with van der Waals surface area (Å²) in [6, 6.07) is 1.35. The molecule has 0 spiro atoms. The van der Waals surface area contributed by atoms with Crippen LogP contribution < -0.4 is 4.74 Å². The zero-order valence-corrected chi connectivity index (χ0v) is 10.4. The van der Waals surface area contributed by atoms with Crippen LogP contribution in [0.2, 0.25) is 0 Å². The number of pyridine rings is 1. The molecule has 88 valence electrons. The smallest absolute Gasteiger partial charge is 0.309 e. The summed E-state index contributed by atoms with van der Waals surface area (Å²) in [6.45, 7) is 0. The maximum Gasteiger partial charge on any atom is 0.309 e. The highest BCUT2D eigenvalue weighted by molar-refractivity contribution is 14.1. The summed E-state index contributed by atoms with van der Waals surface area (Å²) in [7, 11) is 1.26. The Morgan fingerprint density at radius 2 is 2.31 bits per heavy atom. The van der Waals surface area contributed by atoms with Crippen molar-refractivity contribution in [1.29, 1.82) is 0 Å². The number of rotatable bonds is 4. The van der Waals surface area contributed by atoms with E-state index < -0.39 is 18.1 Å². The average molecular weight is 343 g/mol. The van der Waals surface area contributed by atoms with Crippen molar-refractivity contribution in [3.05, 3.63) is 21.0 Å². The number of methoxy groups -OCH3 is 1. The Morgan fingerprint density at radius 3 is 2.75 bits per heavy atom. The fourth-order valence-corrected chi connectivity index (χ4v) is 1.71. The lowest BCUT2D eigenvalue weighted by Gasteiger charge is -2.10. The predicted molar refractivity (Wildman–Crippen MR) is 59.8 cm³/mol. The van der Waals surface area contributed by atoms with Crippen LogP contribution in [0.15, 0.2) is 6.07 Å². The molecule has 0 radical (unpaired) electrons. The van der Waals surface area contributed by atoms with E-state index in [-0.39, 0.29) is 17.9 Å². The van der Waals surface area contributed by atoms with Gasteiger partial charge in [0.1, 0.15) is 11.4 Å². The second-order valence-corrected chi connectivity index (χ2v) is 4.04. The van der Waals surface area contributed by atoms with Crippen LogP contribution in [0.25, 0.3) is 0 Å². The van der Waals surface area contributed by atoms with Crippen molar-refractivity contribution < 1.29 is 23.4 Å². The minimum atomic E-state index is -2.79. The fraction of sp³-hybridized carbons (Fsp3) is 0.333. The molecule has 4 nitrogen and oxygen atoms in total. The summed E-state index contributed by atoms with van der Waals surface area (Å²) in [4.78, 5) is 14.1. The summed E-state index contributed by atoms with van der Waals surface area (Å²) in [5.41, 5.74) is -0.414. The van der Waals surface area contributed by atoms with Crippen molar-refractivity contribution >= 4 is 28.6 Å². The maximum atomic E-state index is 12.6. The first-order valence-corrected chi connectivity index (χ1v) is 5.26. The molecule has 0 saturated carbocycles. The number of nitrogens with zero attached hydrogens (tertiary/aromatic N) is 1. The van der Waals surface area contributed by atoms with E-state index in [2.05, 4.69) is 4.98 Å². The van der Waals surface area contributed by atoms with E-state index in [1.54, 1.807) is 0 Å². The lowest BCUT2D eigenvalue weighted by atomic mass is 10.2. The number of carboxylic acid groups (broad SMARTS) is 1. The molecular formula is C9H8F2INO3. The van der Waals surface area contributed by atoms with E-state index in [9.17, 15) is 13.6 Å². The lowest BCUT2D eigenvalue weighted by Crippen LogP contribution is -2.08. The normalized spacial score (nSPS) is 10.6. The van der Waals surface area contributed by atoms with E-state index in [0.717, 1.165) is 0 Å². The molecule has 16 heavy (non-hydrogen) atoms. The molecule has 0 aromatic carbocycles. The van der Waals surface area contributed by atoms with Gasteiger partial charge in [-0.15, -0.1) is 0 Å². The van der Waals surface area contributed by atoms with Crippen LogP contribution in [-0.2, 0) is 11.2 Å². The molecule has 0 aliphatic rings. The molecule has 0 atom stereocenters. The number of halogens is 3. The quantitative estimate of drug-likeness (QED) is 0.852. The average Bonchev–Trinajstić information content (AvgIpc) is 2.19. The van der Waals surface area contributed by atoms with Crippen molar-refractivity contribution in [3.63, 3.8) is 0 Å². The number of alkyl halides is 2. The van der Waals surface area contributed by atoms with Crippen LogP contribution in [0.1, 0.15) is 17.8 Å². The summed E-state index contributed by atoms with van der Waals surface area (Å²) in [5.74, 6) is -1.15. The standard InChI is InChI=1S/C9H8F2INO3/c1-16-6-2-4(12)5(3-7(14)15)13-8(6)9(10)11/h2,9H,3H2,1H3,(H,14,15). The third-order valence-corrected chi connectivity index (χ3v) is 2.72. The molecular weight excluding hydrogens is 335 g/mol. The Kier molecular flexibility index (Phi) is 4.39. The molecule has 1 aromatic rings. The molecule has 0 saturated heterocycles. The van der Waals surface area contributed by atoms with Crippen molar-refractivity contribution in [2.45, 2.75) is 12.8 Å². The summed E-state index contributed by atoms with van der Waals surface area (Å²) >= 11 is 1.83. The van der Waals surface area contributed by atoms with E-state index in [1.165, 1.54) is 13.2 Å². The number of aliphatic carboxylic acids is 1. The Morgan fingerprint density at radius 1 is 1.69 bits per heavy atom. The van der Waals surface area contributed by atoms with E-state index in [1.807, 2.05) is 22.6 Å². The second-order valence-electron chi connectivity index (χ2n) is 2.88. The summed E-state index contributed by atoms with van der Waals surface area (Å²) in [6.07, 6.45) is -3.18. The number of aromatic nitrogens is 1. The van der Waals surface area contributed by atoms with Crippen molar-refractivity contribution in [1.82, 2.24) is 4.98 Å². The van der Waals surface area contributed by atoms with E-state index in [0.29, 0.717) is 3.57 Å². The predicted octanol–water partition coefficient (Wildman–Crippen LogP) is 2.26. The van der Waals surface area contributed by atoms with Gasteiger partial charge in [-0.1, -0.05) is 0 Å². The molecule has 0 unspecified atom stereocenters. The van der Waals surface area contributed by atoms with Crippen molar-refractivity contribution in [2.24, 2.45) is 0 Å². The molecule has 0 amide bonds. The number of hydrogen-bond acceptors (Lipinski definition) is 3. The van der Waals surface area contributed by atoms with Gasteiger partial charge in [-0.2, -0.15) is 0 Å². The number of carbonyl (C=O) groups is 1. The third-order valence-electron chi connectivity index (χ3n) is 1.79. The summed E-state index contributed by atoms with van der Waals surface area (Å²) in [5, 5.41) is 8.59. The Labute approximate surface area is 104 Å². The Bertz CT molecular complexity index is 412. The third kappa shape index (κ3) is 3.00. The first-order valence-electron chi connectivity index (χ1n) is 4.19. The number of hydrogen-bond donors (Lipinski definition) is 1. The highest BCUT2D eigenvalue weighted by Crippen LogP contribution is 2.29. The SMILES string of the molecule is COc1cc(I)c(CC(=O)O)nc1C(F)F. The van der Waals surface area contributed by atoms with Gasteiger partial charge in [0.05, 0.1) is 19.2 Å². The first kappa shape index (κ1) is 13.1. The Balaban J connectivity index is 3.21. The molecule has 0 fully saturated rings. The second kappa shape index (κ2) is 5.37. The van der Waals surface area contributed by atoms with Gasteiger partial charge in [-0.05, 0) is 28.7 Å². The summed E-state index contributed by atoms with van der Waals surface area (Å²) < 4.78 is 30.4. The van der Waals surface area contributed by atoms with Crippen molar-refractivity contribution in [3.8, 4) is 5.75 Å². The molecule has 1 heterocycles. The van der Waals surface area contributed by atoms with Gasteiger partial charge in [0, 0.05) is 3.57 Å². The maximum absolute atomic E-state index is 12.6. The highest BCUT2D eigenvalue weighted by Gasteiger charge is 2.19. The van der Waals surface area contributed by atoms with Crippen LogP contribution in [0.4, 0.5) is 8.78 Å². The van der Waals surface area contributed by atoms with Gasteiger partial charge >= 0.3 is 5.97 Å². The van der Waals surface area contributed by atoms with Gasteiger partial charge < -0.3 is 9.84 Å². The zero-order chi connectivity index (χ0) is 12.3. The molecule has 0 aliphatic heterocycles. The molecule has 1 N–H and O–H groups in total. The van der Waals surface area contributed by atoms with Gasteiger partial charge in [0.15, 0.2) is 0 Å². The largest absolute Gasteiger partial charge is 0.495 e. The van der Waals surface area contributed by atoms with Crippen LogP contribution in [0.3, 0.4) is 0 Å². The molecule has 0 aliphatic carbocycles. The van der Waals surface area contributed by atoms with Crippen LogP contribution in [-0.4, -0.2) is 23.2 Å². The van der Waals surface area contributed by atoms with E-state index >= 15 is 0 Å². The van der Waals surface area contributed by atoms with Gasteiger partial charge in [0.25, 0.3) is 6.43 Å². The minimum Gasteiger partial charge on any atom is -0.495 e. The zero-order valence-electron chi connectivity index (χ0n) is 8.21. The lowest BCUT2D eigenvalue weighted by molar-refractivity contribution is -0.136. The minimum absolute atomic E-state index is 0.0338. The van der Waals surface area contributed by atoms with Crippen LogP contribution >= 0.6 is 22.6 Å². The molecule has 1 rings (SSSR count).